The van der Waals surface area contributed by atoms with Crippen molar-refractivity contribution in [2.24, 2.45) is 5.92 Å². The number of rotatable bonds is 3. The quantitative estimate of drug-likeness (QED) is 0.903. The monoisotopic (exact) mass is 265 g/mol. The van der Waals surface area contributed by atoms with Gasteiger partial charge in [-0.2, -0.15) is 11.8 Å². The van der Waals surface area contributed by atoms with Crippen LogP contribution in [0.1, 0.15) is 36.6 Å². The predicted octanol–water partition coefficient (Wildman–Crippen LogP) is 3.54. The van der Waals surface area contributed by atoms with E-state index < -0.39 is 0 Å². The lowest BCUT2D eigenvalue weighted by molar-refractivity contribution is 0.401. The third kappa shape index (κ3) is 2.52. The molecular weight excluding hydrogens is 242 g/mol. The lowest BCUT2D eigenvalue weighted by Gasteiger charge is -2.26. The first-order valence-corrected chi connectivity index (χ1v) is 7.82. The third-order valence-corrected chi connectivity index (χ3v) is 4.94. The van der Waals surface area contributed by atoms with Crippen LogP contribution in [0.4, 0.5) is 0 Å². The molecule has 1 heterocycles. The van der Waals surface area contributed by atoms with Crippen molar-refractivity contribution in [1.29, 1.82) is 0 Å². The smallest absolute Gasteiger partial charge is 0.123 e. The number of nitrogens with one attached hydrogen (secondary N) is 1. The van der Waals surface area contributed by atoms with Crippen LogP contribution >= 0.6 is 11.8 Å². The second-order valence-corrected chi connectivity index (χ2v) is 6.03. The molecule has 3 heteroatoms. The normalized spacial score (nSPS) is 23.3. The Morgan fingerprint density at radius 3 is 2.89 bits per heavy atom. The fourth-order valence-corrected chi connectivity index (χ4v) is 3.97. The largest absolute Gasteiger partial charge is 0.496 e. The molecule has 2 unspecified atom stereocenters. The molecule has 0 bridgehead atoms. The van der Waals surface area contributed by atoms with Crippen molar-refractivity contribution in [3.8, 4) is 5.75 Å². The van der Waals surface area contributed by atoms with Crippen molar-refractivity contribution >= 4 is 11.8 Å². The third-order valence-electron chi connectivity index (χ3n) is 3.68. The van der Waals surface area contributed by atoms with Crippen LogP contribution in [0, 0.1) is 12.8 Å². The minimum absolute atomic E-state index is 0.454. The fourth-order valence-electron chi connectivity index (χ4n) is 2.79. The number of methoxy groups -OCH3 is 1. The van der Waals surface area contributed by atoms with Gasteiger partial charge in [-0.15, -0.1) is 0 Å². The van der Waals surface area contributed by atoms with Crippen LogP contribution in [0.15, 0.2) is 12.1 Å². The first-order valence-electron chi connectivity index (χ1n) is 6.66. The summed E-state index contributed by atoms with van der Waals surface area (Å²) < 4.78 is 5.54. The summed E-state index contributed by atoms with van der Waals surface area (Å²) in [5.41, 5.74) is 4.23. The van der Waals surface area contributed by atoms with Gasteiger partial charge in [-0.3, -0.25) is 0 Å². The van der Waals surface area contributed by atoms with Gasteiger partial charge >= 0.3 is 0 Å². The highest BCUT2D eigenvalue weighted by molar-refractivity contribution is 7.98. The summed E-state index contributed by atoms with van der Waals surface area (Å²) in [6.07, 6.45) is 0. The SMILES string of the molecule is CCNC1c2c(C)ccc(OC)c2CSCC1C. The predicted molar refractivity (Wildman–Crippen MR) is 79.5 cm³/mol. The average Bonchev–Trinajstić information content (AvgIpc) is 2.52. The Bertz CT molecular complexity index is 419. The number of hydrogen-bond acceptors (Lipinski definition) is 3. The Morgan fingerprint density at radius 1 is 1.44 bits per heavy atom. The van der Waals surface area contributed by atoms with E-state index >= 15 is 0 Å². The van der Waals surface area contributed by atoms with Gasteiger partial charge in [0, 0.05) is 17.4 Å². The molecule has 0 aromatic heterocycles. The maximum atomic E-state index is 5.54. The van der Waals surface area contributed by atoms with Crippen LogP contribution in [0.2, 0.25) is 0 Å². The van der Waals surface area contributed by atoms with Gasteiger partial charge in [0.1, 0.15) is 5.75 Å². The molecule has 0 radical (unpaired) electrons. The molecule has 1 aliphatic heterocycles. The molecule has 0 aliphatic carbocycles. The van der Waals surface area contributed by atoms with E-state index in [1.165, 1.54) is 22.4 Å². The maximum Gasteiger partial charge on any atom is 0.123 e. The molecule has 1 aliphatic rings. The topological polar surface area (TPSA) is 21.3 Å². The van der Waals surface area contributed by atoms with Crippen LogP contribution in [-0.4, -0.2) is 19.4 Å². The minimum Gasteiger partial charge on any atom is -0.496 e. The summed E-state index contributed by atoms with van der Waals surface area (Å²) >= 11 is 2.01. The van der Waals surface area contributed by atoms with Crippen molar-refractivity contribution in [3.05, 3.63) is 28.8 Å². The van der Waals surface area contributed by atoms with E-state index in [-0.39, 0.29) is 0 Å². The Kier molecular flexibility index (Phi) is 4.57. The molecule has 0 fully saturated rings. The number of thioether (sulfide) groups is 1. The van der Waals surface area contributed by atoms with Crippen LogP contribution < -0.4 is 10.1 Å². The molecule has 1 aromatic carbocycles. The standard InChI is InChI=1S/C15H23NOS/c1-5-16-15-11(3)8-18-9-12-13(17-4)7-6-10(2)14(12)15/h6-7,11,15-16H,5,8-9H2,1-4H3. The van der Waals surface area contributed by atoms with Gasteiger partial charge in [-0.25, -0.2) is 0 Å². The molecule has 1 N–H and O–H groups in total. The molecule has 2 atom stereocenters. The average molecular weight is 265 g/mol. The van der Waals surface area contributed by atoms with Gasteiger partial charge in [0.05, 0.1) is 7.11 Å². The molecule has 1 aromatic rings. The maximum absolute atomic E-state index is 5.54. The number of benzene rings is 1. The van der Waals surface area contributed by atoms with Gasteiger partial charge < -0.3 is 10.1 Å². The molecule has 2 nitrogen and oxygen atoms in total. The first-order chi connectivity index (χ1) is 8.69. The highest BCUT2D eigenvalue weighted by atomic mass is 32.2. The van der Waals surface area contributed by atoms with E-state index in [0.717, 1.165) is 18.0 Å². The van der Waals surface area contributed by atoms with E-state index in [1.54, 1.807) is 7.11 Å². The van der Waals surface area contributed by atoms with E-state index in [2.05, 4.69) is 38.2 Å². The lowest BCUT2D eigenvalue weighted by Crippen LogP contribution is -2.28. The first kappa shape index (κ1) is 13.8. The minimum atomic E-state index is 0.454. The molecule has 100 valence electrons. The Balaban J connectivity index is 2.53. The summed E-state index contributed by atoms with van der Waals surface area (Å²) in [6.45, 7) is 7.75. The van der Waals surface area contributed by atoms with E-state index in [9.17, 15) is 0 Å². The van der Waals surface area contributed by atoms with Crippen molar-refractivity contribution in [3.63, 3.8) is 0 Å². The molecule has 0 amide bonds. The van der Waals surface area contributed by atoms with Gasteiger partial charge in [-0.1, -0.05) is 19.9 Å². The van der Waals surface area contributed by atoms with Gasteiger partial charge in [0.15, 0.2) is 0 Å². The summed E-state index contributed by atoms with van der Waals surface area (Å²) in [6, 6.07) is 4.74. The zero-order valence-corrected chi connectivity index (χ0v) is 12.6. The number of ether oxygens (including phenoxy) is 1. The van der Waals surface area contributed by atoms with Crippen molar-refractivity contribution in [2.45, 2.75) is 32.6 Å². The lowest BCUT2D eigenvalue weighted by atomic mass is 9.89. The Morgan fingerprint density at radius 2 is 2.22 bits per heavy atom. The molecule has 0 saturated heterocycles. The summed E-state index contributed by atoms with van der Waals surface area (Å²) in [5.74, 6) is 3.96. The number of aryl methyl sites for hydroxylation is 1. The number of hydrogen-bond donors (Lipinski definition) is 1. The van der Waals surface area contributed by atoms with Crippen molar-refractivity contribution in [2.75, 3.05) is 19.4 Å². The second-order valence-electron chi connectivity index (χ2n) is 5.00. The van der Waals surface area contributed by atoms with Gasteiger partial charge in [-0.05, 0) is 42.3 Å². The highest BCUT2D eigenvalue weighted by Gasteiger charge is 2.27. The summed E-state index contributed by atoms with van der Waals surface area (Å²) in [7, 11) is 1.77. The van der Waals surface area contributed by atoms with Crippen molar-refractivity contribution in [1.82, 2.24) is 5.32 Å². The van der Waals surface area contributed by atoms with Crippen molar-refractivity contribution < 1.29 is 4.74 Å². The van der Waals surface area contributed by atoms with Crippen LogP contribution in [0.5, 0.6) is 5.75 Å². The molecular formula is C15H23NOS. The number of fused-ring (bicyclic) bond motifs is 1. The zero-order valence-electron chi connectivity index (χ0n) is 11.7. The fraction of sp³-hybridized carbons (Fsp3) is 0.600. The molecule has 18 heavy (non-hydrogen) atoms. The zero-order chi connectivity index (χ0) is 13.1. The van der Waals surface area contributed by atoms with E-state index in [4.69, 9.17) is 4.74 Å². The van der Waals surface area contributed by atoms with E-state index in [0.29, 0.717) is 12.0 Å². The van der Waals surface area contributed by atoms with Crippen LogP contribution in [-0.2, 0) is 5.75 Å². The Labute approximate surface area is 114 Å². The van der Waals surface area contributed by atoms with Crippen LogP contribution in [0.25, 0.3) is 0 Å². The van der Waals surface area contributed by atoms with Gasteiger partial charge in [0.25, 0.3) is 0 Å². The highest BCUT2D eigenvalue weighted by Crippen LogP contribution is 2.40. The Hall–Kier alpha value is -0.670. The second kappa shape index (κ2) is 5.98. The summed E-state index contributed by atoms with van der Waals surface area (Å²) in [4.78, 5) is 0. The van der Waals surface area contributed by atoms with Crippen LogP contribution in [0.3, 0.4) is 0 Å². The summed E-state index contributed by atoms with van der Waals surface area (Å²) in [5, 5.41) is 3.65. The molecule has 2 rings (SSSR count). The molecule has 0 spiro atoms. The van der Waals surface area contributed by atoms with E-state index in [1.807, 2.05) is 11.8 Å². The van der Waals surface area contributed by atoms with Gasteiger partial charge in [0.2, 0.25) is 0 Å². The molecule has 0 saturated carbocycles.